The third kappa shape index (κ3) is 5.20. The van der Waals surface area contributed by atoms with E-state index in [2.05, 4.69) is 31.2 Å². The highest BCUT2D eigenvalue weighted by Crippen LogP contribution is 2.43. The Morgan fingerprint density at radius 3 is 2.55 bits per heavy atom. The van der Waals surface area contributed by atoms with E-state index in [1.165, 1.54) is 7.11 Å². The van der Waals surface area contributed by atoms with Gasteiger partial charge in [-0.25, -0.2) is 4.79 Å². The molecule has 3 heterocycles. The van der Waals surface area contributed by atoms with Gasteiger partial charge in [-0.05, 0) is 85.4 Å². The number of carbonyl (C=O) groups is 2. The van der Waals surface area contributed by atoms with Gasteiger partial charge in [0.2, 0.25) is 5.91 Å². The van der Waals surface area contributed by atoms with Gasteiger partial charge in [-0.15, -0.1) is 0 Å². The Balaban J connectivity index is 1.60. The van der Waals surface area contributed by atoms with Crippen LogP contribution in [-0.2, 0) is 9.53 Å². The third-order valence-corrected chi connectivity index (χ3v) is 7.31. The molecule has 1 saturated heterocycles. The minimum Gasteiger partial charge on any atom is -0.465 e. The molecular formula is C31H31N5O3S. The average Bonchev–Trinajstić information content (AvgIpc) is 3.58. The van der Waals surface area contributed by atoms with Gasteiger partial charge in [0.15, 0.2) is 5.11 Å². The minimum absolute atomic E-state index is 0.0330. The van der Waals surface area contributed by atoms with Crippen LogP contribution in [0.25, 0.3) is 5.69 Å². The van der Waals surface area contributed by atoms with Crippen LogP contribution in [0.2, 0.25) is 0 Å². The summed E-state index contributed by atoms with van der Waals surface area (Å²) >= 11 is 5.91. The molecule has 40 heavy (non-hydrogen) atoms. The molecule has 2 N–H and O–H groups in total. The van der Waals surface area contributed by atoms with E-state index in [-0.39, 0.29) is 23.9 Å². The number of amides is 1. The maximum absolute atomic E-state index is 12.3. The Hall–Kier alpha value is -4.50. The van der Waals surface area contributed by atoms with E-state index in [0.29, 0.717) is 10.7 Å². The lowest BCUT2D eigenvalue weighted by molar-refractivity contribution is -0.118. The SMILES string of the molecule is COC(=O)c1cccc(-n2cccc2C2C(c3ccccn3)NC(=S)N2c2ccc(NC(=O)C(C)C)c(C)c2)c1. The Labute approximate surface area is 239 Å². The molecule has 1 fully saturated rings. The quantitative estimate of drug-likeness (QED) is 0.223. The molecule has 1 amide bonds. The lowest BCUT2D eigenvalue weighted by atomic mass is 10.00. The first kappa shape index (κ1) is 27.1. The van der Waals surface area contributed by atoms with Crippen LogP contribution in [0, 0.1) is 12.8 Å². The van der Waals surface area contributed by atoms with Crippen molar-refractivity contribution >= 4 is 40.6 Å². The first-order valence-electron chi connectivity index (χ1n) is 13.1. The van der Waals surface area contributed by atoms with Crippen LogP contribution in [0.4, 0.5) is 11.4 Å². The smallest absolute Gasteiger partial charge is 0.337 e. The van der Waals surface area contributed by atoms with E-state index in [4.69, 9.17) is 17.0 Å². The van der Waals surface area contributed by atoms with E-state index in [0.717, 1.165) is 34.0 Å². The number of anilines is 2. The van der Waals surface area contributed by atoms with E-state index >= 15 is 0 Å². The van der Waals surface area contributed by atoms with Crippen molar-refractivity contribution in [2.24, 2.45) is 5.92 Å². The third-order valence-electron chi connectivity index (χ3n) is 7.00. The number of methoxy groups -OCH3 is 1. The maximum Gasteiger partial charge on any atom is 0.337 e. The lowest BCUT2D eigenvalue weighted by Crippen LogP contribution is -2.30. The number of aromatic nitrogens is 2. The molecular weight excluding hydrogens is 522 g/mol. The topological polar surface area (TPSA) is 88.5 Å². The molecule has 1 aliphatic heterocycles. The summed E-state index contributed by atoms with van der Waals surface area (Å²) in [6.07, 6.45) is 3.74. The van der Waals surface area contributed by atoms with Crippen molar-refractivity contribution in [2.75, 3.05) is 17.3 Å². The fourth-order valence-corrected chi connectivity index (χ4v) is 5.27. The largest absolute Gasteiger partial charge is 0.465 e. The number of ether oxygens (including phenoxy) is 1. The van der Waals surface area contributed by atoms with Gasteiger partial charge in [-0.1, -0.05) is 26.0 Å². The van der Waals surface area contributed by atoms with E-state index in [1.807, 2.05) is 87.6 Å². The van der Waals surface area contributed by atoms with Gasteiger partial charge >= 0.3 is 5.97 Å². The number of carbonyl (C=O) groups excluding carboxylic acids is 2. The summed E-state index contributed by atoms with van der Waals surface area (Å²) in [5, 5.41) is 7.06. The molecule has 2 unspecified atom stereocenters. The molecule has 0 aliphatic carbocycles. The van der Waals surface area contributed by atoms with Gasteiger partial charge in [0.1, 0.15) is 6.04 Å². The highest BCUT2D eigenvalue weighted by Gasteiger charge is 2.42. The van der Waals surface area contributed by atoms with Crippen LogP contribution >= 0.6 is 12.2 Å². The molecule has 0 saturated carbocycles. The van der Waals surface area contributed by atoms with Crippen molar-refractivity contribution in [3.8, 4) is 5.69 Å². The zero-order valence-corrected chi connectivity index (χ0v) is 23.6. The average molecular weight is 554 g/mol. The van der Waals surface area contributed by atoms with Crippen LogP contribution in [-0.4, -0.2) is 33.6 Å². The number of nitrogens with one attached hydrogen (secondary N) is 2. The Kier molecular flexibility index (Phi) is 7.66. The zero-order valence-electron chi connectivity index (χ0n) is 22.8. The zero-order chi connectivity index (χ0) is 28.4. The van der Waals surface area contributed by atoms with Gasteiger partial charge in [0.25, 0.3) is 0 Å². The fourth-order valence-electron chi connectivity index (χ4n) is 4.92. The predicted octanol–water partition coefficient (Wildman–Crippen LogP) is 5.74. The first-order valence-corrected chi connectivity index (χ1v) is 13.5. The Morgan fingerprint density at radius 2 is 1.85 bits per heavy atom. The molecule has 2 aromatic carbocycles. The summed E-state index contributed by atoms with van der Waals surface area (Å²) in [5.74, 6) is -0.551. The Morgan fingerprint density at radius 1 is 1.02 bits per heavy atom. The molecule has 8 nitrogen and oxygen atoms in total. The van der Waals surface area contributed by atoms with Crippen molar-refractivity contribution < 1.29 is 14.3 Å². The standard InChI is InChI=1S/C31H31N5O3S/c1-19(2)29(37)33-24-14-13-23(17-20(24)3)36-28(27(34-31(36)40)25-11-5-6-15-32-25)26-12-8-16-35(26)22-10-7-9-21(18-22)30(38)39-4/h5-19,27-28H,1-4H3,(H,33,37)(H,34,40). The first-order chi connectivity index (χ1) is 19.3. The minimum atomic E-state index is -0.396. The monoisotopic (exact) mass is 553 g/mol. The van der Waals surface area contributed by atoms with Gasteiger partial charge in [0.05, 0.1) is 24.4 Å². The second-order valence-electron chi connectivity index (χ2n) is 9.98. The normalized spacial score (nSPS) is 16.6. The number of aryl methyl sites for hydroxylation is 1. The van der Waals surface area contributed by atoms with Crippen LogP contribution in [0.15, 0.2) is 85.2 Å². The van der Waals surface area contributed by atoms with E-state index in [1.54, 1.807) is 12.3 Å². The number of thiocarbonyl (C=S) groups is 1. The number of rotatable bonds is 7. The van der Waals surface area contributed by atoms with Crippen LogP contribution < -0.4 is 15.5 Å². The van der Waals surface area contributed by atoms with Crippen LogP contribution in [0.5, 0.6) is 0 Å². The van der Waals surface area contributed by atoms with Gasteiger partial charge in [-0.2, -0.15) is 0 Å². The van der Waals surface area contributed by atoms with Crippen molar-refractivity contribution in [2.45, 2.75) is 32.9 Å². The van der Waals surface area contributed by atoms with Crippen molar-refractivity contribution in [1.82, 2.24) is 14.9 Å². The van der Waals surface area contributed by atoms with E-state index < -0.39 is 5.97 Å². The molecule has 9 heteroatoms. The molecule has 2 aromatic heterocycles. The Bertz CT molecular complexity index is 1570. The second-order valence-corrected chi connectivity index (χ2v) is 10.4. The number of pyridine rings is 1. The second kappa shape index (κ2) is 11.3. The van der Waals surface area contributed by atoms with E-state index in [9.17, 15) is 9.59 Å². The summed E-state index contributed by atoms with van der Waals surface area (Å²) in [4.78, 5) is 31.3. The van der Waals surface area contributed by atoms with Crippen LogP contribution in [0.1, 0.15) is 53.2 Å². The van der Waals surface area contributed by atoms with Crippen molar-refractivity contribution in [3.05, 3.63) is 108 Å². The highest BCUT2D eigenvalue weighted by molar-refractivity contribution is 7.80. The number of nitrogens with zero attached hydrogens (tertiary/aromatic N) is 3. The summed E-state index contributed by atoms with van der Waals surface area (Å²) in [7, 11) is 1.37. The van der Waals surface area contributed by atoms with Gasteiger partial charge in [0, 0.05) is 41.1 Å². The molecule has 2 atom stereocenters. The highest BCUT2D eigenvalue weighted by atomic mass is 32.1. The fraction of sp³-hybridized carbons (Fsp3) is 0.226. The van der Waals surface area contributed by atoms with Crippen molar-refractivity contribution in [1.29, 1.82) is 0 Å². The summed E-state index contributed by atoms with van der Waals surface area (Å²) < 4.78 is 7.00. The molecule has 204 valence electrons. The predicted molar refractivity (Wildman–Crippen MR) is 160 cm³/mol. The molecule has 0 bridgehead atoms. The van der Waals surface area contributed by atoms with Gasteiger partial charge < -0.3 is 24.8 Å². The molecule has 0 spiro atoms. The molecule has 1 aliphatic rings. The molecule has 0 radical (unpaired) electrons. The summed E-state index contributed by atoms with van der Waals surface area (Å²) in [5.41, 5.74) is 5.68. The van der Waals surface area contributed by atoms with Crippen molar-refractivity contribution in [3.63, 3.8) is 0 Å². The molecule has 5 rings (SSSR count). The lowest BCUT2D eigenvalue weighted by Gasteiger charge is -2.29. The molecule has 4 aromatic rings. The maximum atomic E-state index is 12.3. The van der Waals surface area contributed by atoms with Crippen LogP contribution in [0.3, 0.4) is 0 Å². The summed E-state index contributed by atoms with van der Waals surface area (Å²) in [6, 6.07) is 22.6. The number of hydrogen-bond acceptors (Lipinski definition) is 5. The number of benzene rings is 2. The van der Waals surface area contributed by atoms with Gasteiger partial charge in [-0.3, -0.25) is 9.78 Å². The number of esters is 1. The number of hydrogen-bond donors (Lipinski definition) is 2. The summed E-state index contributed by atoms with van der Waals surface area (Å²) in [6.45, 7) is 5.70.